The van der Waals surface area contributed by atoms with E-state index in [1.54, 1.807) is 6.92 Å². The number of nitrogens with one attached hydrogen (secondary N) is 1. The fourth-order valence-electron chi connectivity index (χ4n) is 0.962. The van der Waals surface area contributed by atoms with E-state index in [1.807, 2.05) is 0 Å². The number of nitrogens with zero attached hydrogens (tertiary/aromatic N) is 1. The van der Waals surface area contributed by atoms with E-state index >= 15 is 0 Å². The largest absolute Gasteiger partial charge is 0.392 e. The highest BCUT2D eigenvalue weighted by molar-refractivity contribution is 7.92. The summed E-state index contributed by atoms with van der Waals surface area (Å²) < 4.78 is 24.5. The van der Waals surface area contributed by atoms with Gasteiger partial charge in [-0.25, -0.2) is 8.42 Å². The van der Waals surface area contributed by atoms with Crippen LogP contribution in [0.15, 0.2) is 0 Å². The van der Waals surface area contributed by atoms with Crippen LogP contribution in [0.1, 0.15) is 13.8 Å². The van der Waals surface area contributed by atoms with Crippen LogP contribution in [0, 0.1) is 0 Å². The molecule has 0 spiro atoms. The number of sulfonamides is 1. The van der Waals surface area contributed by atoms with Crippen molar-refractivity contribution >= 4 is 33.1 Å². The molecule has 0 rings (SSSR count). The summed E-state index contributed by atoms with van der Waals surface area (Å²) >= 11 is 4.62. The smallest absolute Gasteiger partial charge is 0.235 e. The lowest BCUT2D eigenvalue weighted by Crippen LogP contribution is -2.45. The number of carbonyl (C=O) groups excluding carboxylic acids is 1. The van der Waals surface area contributed by atoms with Gasteiger partial charge in [0.05, 0.1) is 11.5 Å². The molecule has 0 fully saturated rings. The van der Waals surface area contributed by atoms with E-state index in [0.717, 1.165) is 4.31 Å². The van der Waals surface area contributed by atoms with Crippen molar-refractivity contribution in [2.45, 2.75) is 19.1 Å². The van der Waals surface area contributed by atoms with Crippen molar-refractivity contribution in [3.8, 4) is 0 Å². The Bertz CT molecular complexity index is 367. The highest BCUT2D eigenvalue weighted by Gasteiger charge is 2.29. The van der Waals surface area contributed by atoms with Gasteiger partial charge in [0.1, 0.15) is 5.25 Å². The highest BCUT2D eigenvalue weighted by atomic mass is 32.2. The Labute approximate surface area is 101 Å². The van der Waals surface area contributed by atoms with E-state index in [1.165, 1.54) is 14.0 Å². The number of thiocarbonyl (C=S) groups is 1. The predicted octanol–water partition coefficient (Wildman–Crippen LogP) is -0.941. The fraction of sp³-hybridized carbons (Fsp3) is 0.750. The molecule has 0 saturated carbocycles. The van der Waals surface area contributed by atoms with Gasteiger partial charge in [-0.2, -0.15) is 4.31 Å². The van der Waals surface area contributed by atoms with Crippen molar-refractivity contribution < 1.29 is 13.2 Å². The maximum Gasteiger partial charge on any atom is 0.235 e. The van der Waals surface area contributed by atoms with Crippen LogP contribution in [0.3, 0.4) is 0 Å². The van der Waals surface area contributed by atoms with Gasteiger partial charge in [-0.05, 0) is 13.8 Å². The summed E-state index contributed by atoms with van der Waals surface area (Å²) in [6.07, 6.45) is 0. The second-order valence-corrected chi connectivity index (χ2v) is 6.13. The van der Waals surface area contributed by atoms with Crippen LogP contribution in [-0.2, 0) is 14.8 Å². The fourth-order valence-corrected chi connectivity index (χ4v) is 2.46. The minimum atomic E-state index is -3.65. The van der Waals surface area contributed by atoms with Crippen LogP contribution < -0.4 is 11.1 Å². The van der Waals surface area contributed by atoms with E-state index in [4.69, 9.17) is 5.73 Å². The Kier molecular flexibility index (Phi) is 5.84. The average molecular weight is 267 g/mol. The number of likely N-dealkylation sites (N-methyl/N-ethyl adjacent to an activating group) is 2. The van der Waals surface area contributed by atoms with Crippen molar-refractivity contribution in [3.05, 3.63) is 0 Å². The third-order valence-electron chi connectivity index (χ3n) is 2.02. The molecule has 0 radical (unpaired) electrons. The predicted molar refractivity (Wildman–Crippen MR) is 66.5 cm³/mol. The summed E-state index contributed by atoms with van der Waals surface area (Å²) in [6.45, 7) is 3.37. The summed E-state index contributed by atoms with van der Waals surface area (Å²) in [7, 11) is -2.33. The molecule has 16 heavy (non-hydrogen) atoms. The zero-order valence-electron chi connectivity index (χ0n) is 9.56. The molecular formula is C8H17N3O3S2. The van der Waals surface area contributed by atoms with E-state index in [0.29, 0.717) is 6.54 Å². The van der Waals surface area contributed by atoms with Crippen molar-refractivity contribution in [1.82, 2.24) is 9.62 Å². The molecule has 0 aliphatic rings. The summed E-state index contributed by atoms with van der Waals surface area (Å²) in [5.74, 6) is -0.358. The maximum atomic E-state index is 11.8. The van der Waals surface area contributed by atoms with Gasteiger partial charge in [0.2, 0.25) is 15.9 Å². The van der Waals surface area contributed by atoms with Crippen molar-refractivity contribution in [2.24, 2.45) is 5.73 Å². The lowest BCUT2D eigenvalue weighted by atomic mass is 10.5. The average Bonchev–Trinajstić information content (AvgIpc) is 2.16. The molecule has 0 aromatic heterocycles. The minimum absolute atomic E-state index is 0.109. The second kappa shape index (κ2) is 6.12. The normalized spacial score (nSPS) is 13.5. The molecule has 0 bridgehead atoms. The summed E-state index contributed by atoms with van der Waals surface area (Å²) in [4.78, 5) is 11.1. The Morgan fingerprint density at radius 2 is 2.06 bits per heavy atom. The van der Waals surface area contributed by atoms with Gasteiger partial charge in [-0.3, -0.25) is 4.79 Å². The zero-order valence-corrected chi connectivity index (χ0v) is 11.2. The first kappa shape index (κ1) is 15.3. The number of hydrogen-bond acceptors (Lipinski definition) is 4. The summed E-state index contributed by atoms with van der Waals surface area (Å²) in [5.41, 5.74) is 5.27. The summed E-state index contributed by atoms with van der Waals surface area (Å²) in [5, 5.41) is 1.54. The number of rotatable bonds is 6. The van der Waals surface area contributed by atoms with E-state index in [2.05, 4.69) is 17.5 Å². The number of hydrogen-bond donors (Lipinski definition) is 2. The second-order valence-electron chi connectivity index (χ2n) is 3.30. The van der Waals surface area contributed by atoms with Gasteiger partial charge < -0.3 is 11.1 Å². The molecule has 0 aromatic rings. The number of nitrogens with two attached hydrogens (primary N) is 1. The highest BCUT2D eigenvalue weighted by Crippen LogP contribution is 2.06. The van der Waals surface area contributed by atoms with Gasteiger partial charge in [-0.1, -0.05) is 12.2 Å². The number of carbonyl (C=O) groups is 1. The molecule has 94 valence electrons. The van der Waals surface area contributed by atoms with Gasteiger partial charge in [-0.15, -0.1) is 0 Å². The number of amides is 1. The van der Waals surface area contributed by atoms with Gasteiger partial charge in [0.15, 0.2) is 0 Å². The van der Waals surface area contributed by atoms with Crippen molar-refractivity contribution in [3.63, 3.8) is 0 Å². The molecule has 0 aliphatic carbocycles. The first-order valence-corrected chi connectivity index (χ1v) is 6.65. The standard InChI is InChI=1S/C8H17N3O3S2/c1-4-10-7(12)5-11(3)16(13,14)6(2)8(9)15/h6H,4-5H2,1-3H3,(H2,9,15)(H,10,12). The molecular weight excluding hydrogens is 250 g/mol. The quantitative estimate of drug-likeness (QED) is 0.606. The summed E-state index contributed by atoms with van der Waals surface area (Å²) in [6, 6.07) is 0. The molecule has 1 amide bonds. The molecule has 0 saturated heterocycles. The molecule has 8 heteroatoms. The van der Waals surface area contributed by atoms with Crippen LogP contribution in [0.2, 0.25) is 0 Å². The minimum Gasteiger partial charge on any atom is -0.392 e. The Hall–Kier alpha value is -0.730. The van der Waals surface area contributed by atoms with E-state index in [9.17, 15) is 13.2 Å². The Morgan fingerprint density at radius 3 is 2.44 bits per heavy atom. The topological polar surface area (TPSA) is 92.5 Å². The van der Waals surface area contributed by atoms with Crippen LogP contribution in [0.25, 0.3) is 0 Å². The first-order valence-electron chi connectivity index (χ1n) is 4.74. The molecule has 6 nitrogen and oxygen atoms in total. The maximum absolute atomic E-state index is 11.8. The first-order chi connectivity index (χ1) is 7.23. The van der Waals surface area contributed by atoms with Crippen LogP contribution in [0.5, 0.6) is 0 Å². The van der Waals surface area contributed by atoms with Crippen molar-refractivity contribution in [2.75, 3.05) is 20.1 Å². The van der Waals surface area contributed by atoms with Crippen LogP contribution >= 0.6 is 12.2 Å². The molecule has 3 N–H and O–H groups in total. The van der Waals surface area contributed by atoms with Gasteiger partial charge >= 0.3 is 0 Å². The zero-order chi connectivity index (χ0) is 12.9. The molecule has 1 unspecified atom stereocenters. The van der Waals surface area contributed by atoms with Crippen LogP contribution in [-0.4, -0.2) is 49.0 Å². The molecule has 0 aliphatic heterocycles. The van der Waals surface area contributed by atoms with E-state index in [-0.39, 0.29) is 17.4 Å². The third-order valence-corrected chi connectivity index (χ3v) is 4.67. The monoisotopic (exact) mass is 267 g/mol. The lowest BCUT2D eigenvalue weighted by Gasteiger charge is -2.20. The van der Waals surface area contributed by atoms with Gasteiger partial charge in [0, 0.05) is 13.6 Å². The van der Waals surface area contributed by atoms with Crippen molar-refractivity contribution in [1.29, 1.82) is 0 Å². The van der Waals surface area contributed by atoms with Crippen LogP contribution in [0.4, 0.5) is 0 Å². The molecule has 1 atom stereocenters. The Balaban J connectivity index is 4.65. The van der Waals surface area contributed by atoms with E-state index < -0.39 is 15.3 Å². The lowest BCUT2D eigenvalue weighted by molar-refractivity contribution is -0.121. The SMILES string of the molecule is CCNC(=O)CN(C)S(=O)(=O)C(C)C(N)=S. The molecule has 0 aromatic carbocycles. The Morgan fingerprint density at radius 1 is 1.56 bits per heavy atom. The van der Waals surface area contributed by atoms with Gasteiger partial charge in [0.25, 0.3) is 0 Å². The molecule has 0 heterocycles. The third kappa shape index (κ3) is 4.03.